The van der Waals surface area contributed by atoms with Crippen LogP contribution in [0, 0.1) is 19.8 Å². The van der Waals surface area contributed by atoms with Gasteiger partial charge in [-0.15, -0.1) is 0 Å². The molecule has 0 heterocycles. The van der Waals surface area contributed by atoms with Gasteiger partial charge in [0.05, 0.1) is 21.2 Å². The number of nitrogens with zero attached hydrogens (tertiary/aromatic N) is 1. The molecule has 0 amide bonds. The molecule has 0 bridgehead atoms. The van der Waals surface area contributed by atoms with Gasteiger partial charge in [0.1, 0.15) is 11.5 Å². The van der Waals surface area contributed by atoms with Crippen LogP contribution < -0.4 is 10.5 Å². The standard InChI is InChI=1S/C20H26N2O2S/c1-14-11-20(15(2)10-19(14)21)24-17-8-5-9-18(12-17)25(3,23)22-13-16-6-4-7-16/h5,8-12,16H,4,6-7,13,21H2,1-3H3. The number of rotatable bonds is 5. The van der Waals surface area contributed by atoms with Crippen LogP contribution >= 0.6 is 0 Å². The molecule has 0 spiro atoms. The van der Waals surface area contributed by atoms with E-state index in [1.807, 2.05) is 50.2 Å². The highest BCUT2D eigenvalue weighted by atomic mass is 32.2. The van der Waals surface area contributed by atoms with Crippen molar-refractivity contribution in [2.24, 2.45) is 10.3 Å². The van der Waals surface area contributed by atoms with Gasteiger partial charge in [-0.1, -0.05) is 12.5 Å². The Morgan fingerprint density at radius 3 is 2.64 bits per heavy atom. The molecule has 0 aliphatic heterocycles. The number of nitrogens with two attached hydrogens (primary N) is 1. The van der Waals surface area contributed by atoms with Gasteiger partial charge in [0.2, 0.25) is 0 Å². The number of anilines is 1. The van der Waals surface area contributed by atoms with E-state index in [4.69, 9.17) is 10.5 Å². The van der Waals surface area contributed by atoms with Gasteiger partial charge in [0.25, 0.3) is 0 Å². The molecule has 1 fully saturated rings. The minimum absolute atomic E-state index is 0.612. The van der Waals surface area contributed by atoms with E-state index in [1.165, 1.54) is 19.3 Å². The van der Waals surface area contributed by atoms with Gasteiger partial charge in [-0.25, -0.2) is 8.57 Å². The van der Waals surface area contributed by atoms with E-state index in [1.54, 1.807) is 6.26 Å². The summed E-state index contributed by atoms with van der Waals surface area (Å²) in [5.74, 6) is 2.04. The lowest BCUT2D eigenvalue weighted by atomic mass is 9.86. The SMILES string of the molecule is Cc1cc(Oc2cccc(S(C)(=O)=NCC3CCC3)c2)c(C)cc1N. The highest BCUT2D eigenvalue weighted by molar-refractivity contribution is 7.93. The van der Waals surface area contributed by atoms with Gasteiger partial charge in [-0.05, 0) is 74.1 Å². The van der Waals surface area contributed by atoms with Crippen molar-refractivity contribution in [1.82, 2.24) is 0 Å². The molecular formula is C20H26N2O2S. The van der Waals surface area contributed by atoms with Crippen LogP contribution in [0.15, 0.2) is 45.7 Å². The van der Waals surface area contributed by atoms with Crippen molar-refractivity contribution in [1.29, 1.82) is 0 Å². The van der Waals surface area contributed by atoms with E-state index < -0.39 is 9.73 Å². The van der Waals surface area contributed by atoms with Crippen molar-refractivity contribution in [3.8, 4) is 11.5 Å². The zero-order valence-corrected chi connectivity index (χ0v) is 15.9. The van der Waals surface area contributed by atoms with Gasteiger partial charge in [-0.2, -0.15) is 0 Å². The predicted molar refractivity (Wildman–Crippen MR) is 104 cm³/mol. The van der Waals surface area contributed by atoms with Gasteiger partial charge in [0, 0.05) is 11.9 Å². The summed E-state index contributed by atoms with van der Waals surface area (Å²) >= 11 is 0. The molecule has 4 nitrogen and oxygen atoms in total. The molecule has 0 saturated heterocycles. The zero-order valence-electron chi connectivity index (χ0n) is 15.1. The lowest BCUT2D eigenvalue weighted by molar-refractivity contribution is 0.327. The second-order valence-corrected chi connectivity index (χ2v) is 9.30. The summed E-state index contributed by atoms with van der Waals surface area (Å²) < 4.78 is 23.5. The Morgan fingerprint density at radius 2 is 1.96 bits per heavy atom. The number of hydrogen-bond donors (Lipinski definition) is 1. The van der Waals surface area contributed by atoms with Crippen LogP contribution in [0.2, 0.25) is 0 Å². The molecule has 134 valence electrons. The van der Waals surface area contributed by atoms with E-state index in [-0.39, 0.29) is 0 Å². The fourth-order valence-corrected chi connectivity index (χ4v) is 4.13. The van der Waals surface area contributed by atoms with Gasteiger partial charge in [0.15, 0.2) is 0 Å². The number of ether oxygens (including phenoxy) is 1. The molecule has 0 aromatic heterocycles. The minimum atomic E-state index is -2.40. The summed E-state index contributed by atoms with van der Waals surface area (Å²) in [6, 6.07) is 11.3. The second-order valence-electron chi connectivity index (χ2n) is 6.96. The fourth-order valence-electron chi connectivity index (χ4n) is 2.82. The van der Waals surface area contributed by atoms with Crippen molar-refractivity contribution < 1.29 is 8.95 Å². The maximum Gasteiger partial charge on any atom is 0.130 e. The Morgan fingerprint density at radius 1 is 1.20 bits per heavy atom. The van der Waals surface area contributed by atoms with Crippen LogP contribution in [0.25, 0.3) is 0 Å². The van der Waals surface area contributed by atoms with Gasteiger partial charge >= 0.3 is 0 Å². The Hall–Kier alpha value is -2.01. The largest absolute Gasteiger partial charge is 0.457 e. The van der Waals surface area contributed by atoms with Crippen molar-refractivity contribution >= 4 is 15.4 Å². The van der Waals surface area contributed by atoms with E-state index >= 15 is 0 Å². The molecule has 1 aliphatic carbocycles. The minimum Gasteiger partial charge on any atom is -0.457 e. The number of benzene rings is 2. The van der Waals surface area contributed by atoms with Crippen LogP contribution in [0.4, 0.5) is 5.69 Å². The molecule has 1 saturated carbocycles. The molecule has 1 aliphatic rings. The number of hydrogen-bond acceptors (Lipinski definition) is 4. The van der Waals surface area contributed by atoms with Gasteiger partial charge < -0.3 is 10.5 Å². The maximum absolute atomic E-state index is 13.0. The summed E-state index contributed by atoms with van der Waals surface area (Å²) in [6.45, 7) is 4.61. The lowest BCUT2D eigenvalue weighted by Crippen LogP contribution is -2.15. The quantitative estimate of drug-likeness (QED) is 0.770. The third kappa shape index (κ3) is 4.15. The fraction of sp³-hybridized carbons (Fsp3) is 0.400. The average Bonchev–Trinajstić information content (AvgIpc) is 2.51. The molecule has 1 atom stereocenters. The van der Waals surface area contributed by atoms with Crippen LogP contribution in [0.3, 0.4) is 0 Å². The van der Waals surface area contributed by atoms with Crippen LogP contribution in [-0.2, 0) is 9.73 Å². The van der Waals surface area contributed by atoms with E-state index in [0.29, 0.717) is 23.1 Å². The van der Waals surface area contributed by atoms with Crippen molar-refractivity contribution in [2.45, 2.75) is 38.0 Å². The Kier molecular flexibility index (Phi) is 5.04. The Bertz CT molecular complexity index is 895. The zero-order chi connectivity index (χ0) is 18.0. The molecule has 2 N–H and O–H groups in total. The first kappa shape index (κ1) is 17.8. The predicted octanol–water partition coefficient (Wildman–Crippen LogP) is 4.93. The molecular weight excluding hydrogens is 332 g/mol. The smallest absolute Gasteiger partial charge is 0.130 e. The van der Waals surface area contributed by atoms with Crippen molar-refractivity contribution in [3.63, 3.8) is 0 Å². The first-order valence-electron chi connectivity index (χ1n) is 8.68. The molecule has 25 heavy (non-hydrogen) atoms. The first-order chi connectivity index (χ1) is 11.8. The molecule has 2 aromatic rings. The second kappa shape index (κ2) is 7.08. The maximum atomic E-state index is 13.0. The Labute approximate surface area is 150 Å². The third-order valence-electron chi connectivity index (χ3n) is 4.84. The van der Waals surface area contributed by atoms with Crippen LogP contribution in [0.5, 0.6) is 11.5 Å². The first-order valence-corrected chi connectivity index (χ1v) is 10.6. The topological polar surface area (TPSA) is 64.7 Å². The molecule has 3 rings (SSSR count). The van der Waals surface area contributed by atoms with E-state index in [2.05, 4.69) is 4.36 Å². The highest BCUT2D eigenvalue weighted by Crippen LogP contribution is 2.31. The third-order valence-corrected chi connectivity index (χ3v) is 6.61. The number of aryl methyl sites for hydroxylation is 2. The molecule has 1 unspecified atom stereocenters. The van der Waals surface area contributed by atoms with Gasteiger partial charge in [-0.3, -0.25) is 0 Å². The van der Waals surface area contributed by atoms with Crippen LogP contribution in [-0.4, -0.2) is 17.0 Å². The van der Waals surface area contributed by atoms with Crippen LogP contribution in [0.1, 0.15) is 30.4 Å². The van der Waals surface area contributed by atoms with Crippen molar-refractivity contribution in [3.05, 3.63) is 47.5 Å². The molecule has 2 aromatic carbocycles. The lowest BCUT2D eigenvalue weighted by Gasteiger charge is -2.23. The number of nitrogen functional groups attached to an aromatic ring is 1. The summed E-state index contributed by atoms with van der Waals surface area (Å²) in [5.41, 5.74) is 8.64. The summed E-state index contributed by atoms with van der Waals surface area (Å²) in [7, 11) is -2.40. The summed E-state index contributed by atoms with van der Waals surface area (Å²) in [4.78, 5) is 0.717. The summed E-state index contributed by atoms with van der Waals surface area (Å²) in [6.07, 6.45) is 5.40. The van der Waals surface area contributed by atoms with E-state index in [9.17, 15) is 4.21 Å². The summed E-state index contributed by atoms with van der Waals surface area (Å²) in [5, 5.41) is 0. The average molecular weight is 359 g/mol. The molecule has 0 radical (unpaired) electrons. The monoisotopic (exact) mass is 358 g/mol. The highest BCUT2D eigenvalue weighted by Gasteiger charge is 2.18. The van der Waals surface area contributed by atoms with E-state index in [0.717, 1.165) is 22.6 Å². The Balaban J connectivity index is 1.84. The van der Waals surface area contributed by atoms with Crippen molar-refractivity contribution in [2.75, 3.05) is 18.5 Å². The molecule has 5 heteroatoms. The normalized spacial score (nSPS) is 16.8.